The van der Waals surface area contributed by atoms with Crippen molar-refractivity contribution in [3.63, 3.8) is 0 Å². The Kier molecular flexibility index (Phi) is 2.90. The summed E-state index contributed by atoms with van der Waals surface area (Å²) in [6.45, 7) is 4.38. The Labute approximate surface area is 102 Å². The van der Waals surface area contributed by atoms with Crippen molar-refractivity contribution in [1.82, 2.24) is 15.5 Å². The topological polar surface area (TPSA) is 51.0 Å². The first-order valence-electron chi connectivity index (χ1n) is 6.83. The highest BCUT2D eigenvalue weighted by Crippen LogP contribution is 2.36. The van der Waals surface area contributed by atoms with Crippen molar-refractivity contribution in [2.24, 2.45) is 0 Å². The number of rotatable bonds is 2. The van der Waals surface area contributed by atoms with E-state index < -0.39 is 0 Å². The summed E-state index contributed by atoms with van der Waals surface area (Å²) in [7, 11) is 0. The summed E-state index contributed by atoms with van der Waals surface area (Å²) < 4.78 is 5.49. The zero-order valence-electron chi connectivity index (χ0n) is 10.5. The minimum Gasteiger partial charge on any atom is -0.339 e. The molecule has 1 saturated heterocycles. The molecule has 0 amide bonds. The van der Waals surface area contributed by atoms with Crippen LogP contribution in [-0.4, -0.2) is 23.2 Å². The molecule has 0 bridgehead atoms. The van der Waals surface area contributed by atoms with Gasteiger partial charge in [-0.15, -0.1) is 0 Å². The number of hydrogen-bond acceptors (Lipinski definition) is 4. The number of nitrogens with zero attached hydrogens (tertiary/aromatic N) is 2. The van der Waals surface area contributed by atoms with E-state index in [2.05, 4.69) is 22.4 Å². The van der Waals surface area contributed by atoms with E-state index in [1.54, 1.807) is 0 Å². The molecule has 2 heterocycles. The van der Waals surface area contributed by atoms with Gasteiger partial charge in [-0.3, -0.25) is 0 Å². The van der Waals surface area contributed by atoms with Gasteiger partial charge in [-0.25, -0.2) is 0 Å². The Hall–Kier alpha value is -0.900. The Morgan fingerprint density at radius 3 is 2.65 bits per heavy atom. The number of aromatic nitrogens is 2. The van der Waals surface area contributed by atoms with Gasteiger partial charge in [0.05, 0.1) is 0 Å². The quantitative estimate of drug-likeness (QED) is 0.855. The SMILES string of the molecule is CC1(c2noc(C3CCCC3)n2)CCNCC1. The van der Waals surface area contributed by atoms with Gasteiger partial charge in [0.25, 0.3) is 0 Å². The molecule has 4 heteroatoms. The van der Waals surface area contributed by atoms with Gasteiger partial charge in [-0.05, 0) is 38.8 Å². The first-order valence-corrected chi connectivity index (χ1v) is 6.83. The fourth-order valence-electron chi connectivity index (χ4n) is 3.02. The van der Waals surface area contributed by atoms with Crippen LogP contribution in [0.5, 0.6) is 0 Å². The lowest BCUT2D eigenvalue weighted by molar-refractivity contribution is 0.296. The lowest BCUT2D eigenvalue weighted by atomic mass is 9.80. The highest BCUT2D eigenvalue weighted by atomic mass is 16.5. The second-order valence-electron chi connectivity index (χ2n) is 5.75. The van der Waals surface area contributed by atoms with Crippen LogP contribution in [0.1, 0.15) is 63.1 Å². The minimum absolute atomic E-state index is 0.117. The van der Waals surface area contributed by atoms with Crippen LogP contribution in [0, 0.1) is 0 Å². The Morgan fingerprint density at radius 1 is 1.24 bits per heavy atom. The van der Waals surface area contributed by atoms with Crippen LogP contribution in [-0.2, 0) is 5.41 Å². The molecule has 1 aromatic heterocycles. The molecule has 0 atom stereocenters. The van der Waals surface area contributed by atoms with Crippen LogP contribution in [0.2, 0.25) is 0 Å². The van der Waals surface area contributed by atoms with Crippen LogP contribution >= 0.6 is 0 Å². The molecule has 2 aliphatic rings. The molecule has 1 saturated carbocycles. The largest absolute Gasteiger partial charge is 0.339 e. The van der Waals surface area contributed by atoms with E-state index in [0.29, 0.717) is 5.92 Å². The van der Waals surface area contributed by atoms with E-state index >= 15 is 0 Å². The molecule has 17 heavy (non-hydrogen) atoms. The van der Waals surface area contributed by atoms with Gasteiger partial charge in [0.2, 0.25) is 5.89 Å². The van der Waals surface area contributed by atoms with Crippen molar-refractivity contribution < 1.29 is 4.52 Å². The van der Waals surface area contributed by atoms with E-state index in [4.69, 9.17) is 4.52 Å². The minimum atomic E-state index is 0.117. The molecule has 94 valence electrons. The molecular weight excluding hydrogens is 214 g/mol. The molecule has 2 fully saturated rings. The normalized spacial score (nSPS) is 25.2. The van der Waals surface area contributed by atoms with Gasteiger partial charge < -0.3 is 9.84 Å². The van der Waals surface area contributed by atoms with Gasteiger partial charge in [0.1, 0.15) is 0 Å². The van der Waals surface area contributed by atoms with Gasteiger partial charge in [0.15, 0.2) is 5.82 Å². The van der Waals surface area contributed by atoms with Crippen molar-refractivity contribution in [3.8, 4) is 0 Å². The Balaban J connectivity index is 1.78. The third kappa shape index (κ3) is 2.10. The van der Waals surface area contributed by atoms with E-state index in [1.807, 2.05) is 0 Å². The first-order chi connectivity index (χ1) is 8.28. The van der Waals surface area contributed by atoms with Crippen molar-refractivity contribution in [2.45, 2.75) is 56.8 Å². The molecule has 1 N–H and O–H groups in total. The van der Waals surface area contributed by atoms with Crippen LogP contribution in [0.3, 0.4) is 0 Å². The zero-order valence-corrected chi connectivity index (χ0v) is 10.5. The van der Waals surface area contributed by atoms with Crippen molar-refractivity contribution in [2.75, 3.05) is 13.1 Å². The Morgan fingerprint density at radius 2 is 1.94 bits per heavy atom. The van der Waals surface area contributed by atoms with E-state index in [-0.39, 0.29) is 5.41 Å². The average molecular weight is 235 g/mol. The summed E-state index contributed by atoms with van der Waals surface area (Å²) in [6.07, 6.45) is 7.28. The smallest absolute Gasteiger partial charge is 0.229 e. The molecule has 1 aliphatic carbocycles. The van der Waals surface area contributed by atoms with E-state index in [1.165, 1.54) is 25.7 Å². The molecule has 3 rings (SSSR count). The molecule has 0 unspecified atom stereocenters. The maximum Gasteiger partial charge on any atom is 0.229 e. The Bertz CT molecular complexity index is 376. The van der Waals surface area contributed by atoms with Gasteiger partial charge in [-0.2, -0.15) is 4.98 Å². The van der Waals surface area contributed by atoms with Gasteiger partial charge in [-0.1, -0.05) is 24.9 Å². The molecule has 1 aliphatic heterocycles. The lowest BCUT2D eigenvalue weighted by Crippen LogP contribution is -2.38. The van der Waals surface area contributed by atoms with Crippen molar-refractivity contribution in [1.29, 1.82) is 0 Å². The van der Waals surface area contributed by atoms with E-state index in [0.717, 1.165) is 37.6 Å². The third-order valence-corrected chi connectivity index (χ3v) is 4.39. The summed E-state index contributed by atoms with van der Waals surface area (Å²) in [6, 6.07) is 0. The average Bonchev–Trinajstić information content (AvgIpc) is 3.01. The number of piperidine rings is 1. The fourth-order valence-corrected chi connectivity index (χ4v) is 3.02. The lowest BCUT2D eigenvalue weighted by Gasteiger charge is -2.30. The summed E-state index contributed by atoms with van der Waals surface area (Å²) in [5.74, 6) is 2.35. The van der Waals surface area contributed by atoms with E-state index in [9.17, 15) is 0 Å². The first kappa shape index (κ1) is 11.2. The number of nitrogens with one attached hydrogen (secondary N) is 1. The van der Waals surface area contributed by atoms with Crippen LogP contribution in [0.15, 0.2) is 4.52 Å². The predicted molar refractivity (Wildman–Crippen MR) is 65.0 cm³/mol. The van der Waals surface area contributed by atoms with Crippen LogP contribution in [0.4, 0.5) is 0 Å². The van der Waals surface area contributed by atoms with Crippen LogP contribution in [0.25, 0.3) is 0 Å². The molecule has 4 nitrogen and oxygen atoms in total. The van der Waals surface area contributed by atoms with Crippen molar-refractivity contribution >= 4 is 0 Å². The molecular formula is C13H21N3O. The summed E-state index contributed by atoms with van der Waals surface area (Å²) in [5, 5.41) is 7.63. The van der Waals surface area contributed by atoms with Gasteiger partial charge in [0, 0.05) is 11.3 Å². The summed E-state index contributed by atoms with van der Waals surface area (Å²) >= 11 is 0. The molecule has 0 aromatic carbocycles. The standard InChI is InChI=1S/C13H21N3O/c1-13(6-8-14-9-7-13)12-15-11(17-16-12)10-4-2-3-5-10/h10,14H,2-9H2,1H3. The number of hydrogen-bond donors (Lipinski definition) is 1. The monoisotopic (exact) mass is 235 g/mol. The highest BCUT2D eigenvalue weighted by molar-refractivity contribution is 5.08. The van der Waals surface area contributed by atoms with Gasteiger partial charge >= 0.3 is 0 Å². The maximum atomic E-state index is 5.49. The summed E-state index contributed by atoms with van der Waals surface area (Å²) in [5.41, 5.74) is 0.117. The predicted octanol–water partition coefficient (Wildman–Crippen LogP) is 2.37. The second-order valence-corrected chi connectivity index (χ2v) is 5.75. The highest BCUT2D eigenvalue weighted by Gasteiger charge is 2.34. The molecule has 0 radical (unpaired) electrons. The molecule has 0 spiro atoms. The second kappa shape index (κ2) is 4.41. The summed E-state index contributed by atoms with van der Waals surface area (Å²) in [4.78, 5) is 4.68. The zero-order chi connectivity index (χ0) is 11.7. The molecule has 1 aromatic rings. The van der Waals surface area contributed by atoms with Crippen molar-refractivity contribution in [3.05, 3.63) is 11.7 Å². The fraction of sp³-hybridized carbons (Fsp3) is 0.846. The third-order valence-electron chi connectivity index (χ3n) is 4.39. The van der Waals surface area contributed by atoms with Crippen LogP contribution < -0.4 is 5.32 Å². The maximum absolute atomic E-state index is 5.49.